The third-order valence-corrected chi connectivity index (χ3v) is 0.341. The molecule has 1 atom stereocenters. The molecule has 0 radical (unpaired) electrons. The molecule has 0 aromatic carbocycles. The molecule has 0 aliphatic carbocycles. The molecule has 0 aromatic rings. The van der Waals surface area contributed by atoms with Crippen molar-refractivity contribution >= 4 is 5.97 Å². The first kappa shape index (κ1) is 10.9. The van der Waals surface area contributed by atoms with E-state index in [0.29, 0.717) is 0 Å². The number of aliphatic hydroxyl groups is 1. The number of carbonyl (C=O) groups is 1. The number of aliphatic carboxylic acids is 1. The summed E-state index contributed by atoms with van der Waals surface area (Å²) in [6, 6.07) is 0. The molecule has 0 aliphatic rings. The van der Waals surface area contributed by atoms with Crippen LogP contribution in [0.2, 0.25) is 0 Å². The fraction of sp³-hybridized carbons (Fsp3) is 0.667. The average molecular weight is 312 g/mol. The van der Waals surface area contributed by atoms with Crippen LogP contribution in [0.5, 0.6) is 0 Å². The summed E-state index contributed by atoms with van der Waals surface area (Å²) in [5, 5.41) is 17.3. The number of rotatable bonds is 1. The van der Waals surface area contributed by atoms with Crippen LogP contribution in [0.25, 0.3) is 0 Å². The molecule has 3 nitrogen and oxygen atoms in total. The quantitative estimate of drug-likeness (QED) is 0.616. The maximum Gasteiger partial charge on any atom is 1.00 e. The van der Waals surface area contributed by atoms with Gasteiger partial charge in [-0.25, -0.2) is 0 Å². The first-order valence-electron chi connectivity index (χ1n) is 1.53. The smallest absolute Gasteiger partial charge is 0.547 e. The summed E-state index contributed by atoms with van der Waals surface area (Å²) in [4.78, 5) is 9.34. The molecule has 0 rings (SSSR count). The molecule has 0 amide bonds. The van der Waals surface area contributed by atoms with Crippen LogP contribution in [0.3, 0.4) is 0 Å². The SMILES string of the molecule is CC(O)C(=O)[O-].[Fr+]. The van der Waals surface area contributed by atoms with Crippen molar-refractivity contribution in [1.82, 2.24) is 0 Å². The molecular formula is C3H5FrO3. The minimum absolute atomic E-state index is 0. The summed E-state index contributed by atoms with van der Waals surface area (Å²) >= 11 is 0. The zero-order valence-corrected chi connectivity index (χ0v) is 12.6. The van der Waals surface area contributed by atoms with Gasteiger partial charge in [-0.05, 0) is 6.92 Å². The summed E-state index contributed by atoms with van der Waals surface area (Å²) in [7, 11) is 0. The van der Waals surface area contributed by atoms with Crippen LogP contribution in [-0.4, -0.2) is 17.2 Å². The number of carboxylic acid groups (broad SMARTS) is 1. The van der Waals surface area contributed by atoms with Crippen LogP contribution in [0.4, 0.5) is 0 Å². The molecule has 0 bridgehead atoms. The molecule has 4 heteroatoms. The normalized spacial score (nSPS) is 11.7. The second kappa shape index (κ2) is 5.17. The predicted molar refractivity (Wildman–Crippen MR) is 16.7 cm³/mol. The average Bonchev–Trinajstić information content (AvgIpc) is 1.36. The Balaban J connectivity index is 0. The van der Waals surface area contributed by atoms with Gasteiger partial charge in [-0.3, -0.25) is 0 Å². The Kier molecular flexibility index (Phi) is 8.06. The molecule has 0 fully saturated rings. The molecule has 0 saturated heterocycles. The van der Waals surface area contributed by atoms with Crippen molar-refractivity contribution in [3.05, 3.63) is 0 Å². The maximum absolute atomic E-state index is 9.34. The number of carbonyl (C=O) groups excluding carboxylic acids is 1. The number of carboxylic acids is 1. The molecule has 0 heterocycles. The van der Waals surface area contributed by atoms with Crippen LogP contribution >= 0.6 is 0 Å². The van der Waals surface area contributed by atoms with E-state index >= 15 is 0 Å². The van der Waals surface area contributed by atoms with Gasteiger partial charge in [-0.2, -0.15) is 0 Å². The molecular weight excluding hydrogens is 307 g/mol. The molecule has 36 valence electrons. The monoisotopic (exact) mass is 312 g/mol. The summed E-state index contributed by atoms with van der Waals surface area (Å²) in [6.45, 7) is 1.13. The fourth-order valence-electron chi connectivity index (χ4n) is 0. The fourth-order valence-corrected chi connectivity index (χ4v) is 0. The first-order valence-corrected chi connectivity index (χ1v) is 1.53. The van der Waals surface area contributed by atoms with E-state index in [4.69, 9.17) is 5.11 Å². The van der Waals surface area contributed by atoms with Crippen molar-refractivity contribution in [2.45, 2.75) is 13.0 Å². The van der Waals surface area contributed by atoms with Crippen molar-refractivity contribution in [2.24, 2.45) is 0 Å². The van der Waals surface area contributed by atoms with E-state index in [1.54, 1.807) is 0 Å². The number of aliphatic hydroxyl groups excluding tert-OH is 1. The maximum atomic E-state index is 9.34. The first-order chi connectivity index (χ1) is 2.64. The third-order valence-electron chi connectivity index (χ3n) is 0.341. The van der Waals surface area contributed by atoms with E-state index in [0.717, 1.165) is 6.92 Å². The Labute approximate surface area is 82.7 Å². The van der Waals surface area contributed by atoms with E-state index in [9.17, 15) is 9.90 Å². The molecule has 0 saturated carbocycles. The molecule has 1 unspecified atom stereocenters. The third kappa shape index (κ3) is 7.03. The van der Waals surface area contributed by atoms with Gasteiger partial charge in [0.05, 0.1) is 12.1 Å². The zero-order chi connectivity index (χ0) is 5.15. The Morgan fingerprint density at radius 2 is 2.00 bits per heavy atom. The van der Waals surface area contributed by atoms with E-state index in [1.807, 2.05) is 0 Å². The van der Waals surface area contributed by atoms with Crippen LogP contribution in [0.1, 0.15) is 6.92 Å². The van der Waals surface area contributed by atoms with Crippen molar-refractivity contribution in [3.63, 3.8) is 0 Å². The van der Waals surface area contributed by atoms with E-state index in [2.05, 4.69) is 0 Å². The second-order valence-electron chi connectivity index (χ2n) is 0.995. The molecule has 0 aliphatic heterocycles. The van der Waals surface area contributed by atoms with Crippen LogP contribution in [0, 0.1) is 49.9 Å². The Hall–Kier alpha value is 1.03. The summed E-state index contributed by atoms with van der Waals surface area (Å²) < 4.78 is 0. The van der Waals surface area contributed by atoms with Crippen molar-refractivity contribution < 1.29 is 64.9 Å². The largest absolute Gasteiger partial charge is 1.00 e. The van der Waals surface area contributed by atoms with Gasteiger partial charge in [0.1, 0.15) is 0 Å². The molecule has 7 heavy (non-hydrogen) atoms. The van der Waals surface area contributed by atoms with Crippen LogP contribution < -0.4 is 5.11 Å². The van der Waals surface area contributed by atoms with Gasteiger partial charge in [-0.1, -0.05) is 0 Å². The van der Waals surface area contributed by atoms with Gasteiger partial charge in [-0.15, -0.1) is 0 Å². The van der Waals surface area contributed by atoms with E-state index < -0.39 is 12.1 Å². The molecule has 0 aromatic heterocycles. The van der Waals surface area contributed by atoms with Gasteiger partial charge in [0, 0.05) is 0 Å². The Morgan fingerprint density at radius 1 is 1.86 bits per heavy atom. The second-order valence-corrected chi connectivity index (χ2v) is 0.995. The minimum Gasteiger partial charge on any atom is -0.547 e. The summed E-state index contributed by atoms with van der Waals surface area (Å²) in [5.74, 6) is -1.44. The van der Waals surface area contributed by atoms with Crippen LogP contribution in [0.15, 0.2) is 0 Å². The van der Waals surface area contributed by atoms with Gasteiger partial charge in [0.15, 0.2) is 0 Å². The minimum atomic E-state index is -1.44. The van der Waals surface area contributed by atoms with E-state index in [1.165, 1.54) is 0 Å². The zero-order valence-electron chi connectivity index (χ0n) is 4.34. The Morgan fingerprint density at radius 3 is 2.00 bits per heavy atom. The molecule has 0 spiro atoms. The topological polar surface area (TPSA) is 60.4 Å². The molecule has 1 N–H and O–H groups in total. The standard InChI is InChI=1S/C3H6O3.Fr/c1-2(4)3(5)6;/h2,4H,1H3,(H,5,6);/q;+1/p-1. The van der Waals surface area contributed by atoms with Crippen molar-refractivity contribution in [2.75, 3.05) is 0 Å². The van der Waals surface area contributed by atoms with Crippen molar-refractivity contribution in [1.29, 1.82) is 0 Å². The Bertz CT molecular complexity index is 61.2. The van der Waals surface area contributed by atoms with Gasteiger partial charge in [0.25, 0.3) is 0 Å². The van der Waals surface area contributed by atoms with Crippen LogP contribution in [-0.2, 0) is 4.79 Å². The summed E-state index contributed by atoms with van der Waals surface area (Å²) in [6.07, 6.45) is -1.34. The van der Waals surface area contributed by atoms with Gasteiger partial charge >= 0.3 is 49.9 Å². The number of hydrogen-bond donors (Lipinski definition) is 1. The summed E-state index contributed by atoms with van der Waals surface area (Å²) in [5.41, 5.74) is 0. The van der Waals surface area contributed by atoms with E-state index in [-0.39, 0.29) is 49.9 Å². The predicted octanol–water partition coefficient (Wildman–Crippen LogP) is -1.88. The van der Waals surface area contributed by atoms with Crippen molar-refractivity contribution in [3.8, 4) is 0 Å². The van der Waals surface area contributed by atoms with Gasteiger partial charge < -0.3 is 15.0 Å². The number of hydrogen-bond acceptors (Lipinski definition) is 3. The van der Waals surface area contributed by atoms with Gasteiger partial charge in [0.2, 0.25) is 0 Å².